The average molecular weight is 300 g/mol. The molecule has 1 saturated heterocycles. The molecule has 2 aromatic rings. The van der Waals surface area contributed by atoms with Crippen molar-refractivity contribution in [2.45, 2.75) is 31.7 Å². The summed E-state index contributed by atoms with van der Waals surface area (Å²) in [5.74, 6) is 0.559. The quantitative estimate of drug-likeness (QED) is 0.758. The minimum atomic E-state index is 0. The zero-order chi connectivity index (χ0) is 12.7. The molecular formula is C15H19Cl2NO. The molecule has 104 valence electrons. The van der Waals surface area contributed by atoms with Gasteiger partial charge in [-0.25, -0.2) is 0 Å². The van der Waals surface area contributed by atoms with Gasteiger partial charge in [-0.3, -0.25) is 0 Å². The van der Waals surface area contributed by atoms with E-state index in [1.54, 1.807) is 6.26 Å². The van der Waals surface area contributed by atoms with Gasteiger partial charge in [0.15, 0.2) is 0 Å². The number of rotatable bonds is 1. The van der Waals surface area contributed by atoms with E-state index < -0.39 is 0 Å². The van der Waals surface area contributed by atoms with E-state index in [2.05, 4.69) is 24.9 Å². The van der Waals surface area contributed by atoms with Crippen LogP contribution >= 0.6 is 24.0 Å². The van der Waals surface area contributed by atoms with Crippen LogP contribution in [-0.4, -0.2) is 24.5 Å². The molecule has 4 heteroatoms. The summed E-state index contributed by atoms with van der Waals surface area (Å²) in [5, 5.41) is 1.93. The Morgan fingerprint density at radius 3 is 2.89 bits per heavy atom. The van der Waals surface area contributed by atoms with E-state index in [9.17, 15) is 0 Å². The number of nitrogens with zero attached hydrogens (tertiary/aromatic N) is 1. The maximum atomic E-state index is 6.21. The standard InChI is InChI=1S/C15H18ClNO.ClH/c1-10-7-11(3-5-17(10)2)14-9-13(16)8-12-4-6-18-15(12)14;/h4,6,8-11H,3,5,7H2,1-2H3;1H. The first-order valence-electron chi connectivity index (χ1n) is 6.52. The minimum absolute atomic E-state index is 0. The van der Waals surface area contributed by atoms with Crippen LogP contribution in [0, 0.1) is 0 Å². The maximum Gasteiger partial charge on any atom is 0.137 e. The summed E-state index contributed by atoms with van der Waals surface area (Å²) in [7, 11) is 2.20. The Morgan fingerprint density at radius 2 is 2.16 bits per heavy atom. The van der Waals surface area contributed by atoms with E-state index in [-0.39, 0.29) is 12.4 Å². The Labute approximate surface area is 125 Å². The van der Waals surface area contributed by atoms with Crippen molar-refractivity contribution >= 4 is 35.0 Å². The Bertz CT molecular complexity index is 566. The molecule has 2 nitrogen and oxygen atoms in total. The topological polar surface area (TPSA) is 16.4 Å². The number of furan rings is 1. The van der Waals surface area contributed by atoms with Gasteiger partial charge >= 0.3 is 0 Å². The zero-order valence-corrected chi connectivity index (χ0v) is 12.8. The van der Waals surface area contributed by atoms with Crippen LogP contribution in [0.15, 0.2) is 28.9 Å². The second-order valence-electron chi connectivity index (χ2n) is 5.38. The molecule has 1 fully saturated rings. The molecule has 0 N–H and O–H groups in total. The van der Waals surface area contributed by atoms with Crippen molar-refractivity contribution < 1.29 is 4.42 Å². The van der Waals surface area contributed by atoms with Crippen LogP contribution in [0.4, 0.5) is 0 Å². The zero-order valence-electron chi connectivity index (χ0n) is 11.2. The molecule has 3 rings (SSSR count). The van der Waals surface area contributed by atoms with Gasteiger partial charge in [-0.15, -0.1) is 12.4 Å². The molecule has 1 aliphatic rings. The number of hydrogen-bond donors (Lipinski definition) is 0. The smallest absolute Gasteiger partial charge is 0.137 e. The number of halogens is 2. The van der Waals surface area contributed by atoms with E-state index >= 15 is 0 Å². The molecular weight excluding hydrogens is 281 g/mol. The van der Waals surface area contributed by atoms with Crippen LogP contribution < -0.4 is 0 Å². The molecule has 1 aliphatic heterocycles. The normalized spacial score (nSPS) is 24.4. The predicted molar refractivity (Wildman–Crippen MR) is 82.5 cm³/mol. The number of fused-ring (bicyclic) bond motifs is 1. The first kappa shape index (κ1) is 14.7. The van der Waals surface area contributed by atoms with Gasteiger partial charge in [-0.1, -0.05) is 11.6 Å². The first-order chi connectivity index (χ1) is 8.65. The maximum absolute atomic E-state index is 6.21. The highest BCUT2D eigenvalue weighted by atomic mass is 35.5. The predicted octanol–water partition coefficient (Wildman–Crippen LogP) is 4.71. The summed E-state index contributed by atoms with van der Waals surface area (Å²) in [6, 6.07) is 6.66. The average Bonchev–Trinajstić information content (AvgIpc) is 2.79. The van der Waals surface area contributed by atoms with Crippen molar-refractivity contribution in [1.82, 2.24) is 4.90 Å². The van der Waals surface area contributed by atoms with Gasteiger partial charge in [0.25, 0.3) is 0 Å². The Kier molecular flexibility index (Phi) is 4.44. The largest absolute Gasteiger partial charge is 0.464 e. The Hall–Kier alpha value is -0.700. The summed E-state index contributed by atoms with van der Waals surface area (Å²) in [6.07, 6.45) is 4.10. The van der Waals surface area contributed by atoms with Crippen molar-refractivity contribution in [3.8, 4) is 0 Å². The third kappa shape index (κ3) is 2.76. The lowest BCUT2D eigenvalue weighted by atomic mass is 9.85. The van der Waals surface area contributed by atoms with Crippen LogP contribution in [-0.2, 0) is 0 Å². The van der Waals surface area contributed by atoms with E-state index in [4.69, 9.17) is 16.0 Å². The molecule has 0 saturated carbocycles. The molecule has 1 aromatic carbocycles. The van der Waals surface area contributed by atoms with Gasteiger partial charge < -0.3 is 9.32 Å². The number of benzene rings is 1. The van der Waals surface area contributed by atoms with Crippen molar-refractivity contribution in [2.24, 2.45) is 0 Å². The summed E-state index contributed by atoms with van der Waals surface area (Å²) >= 11 is 6.21. The van der Waals surface area contributed by atoms with E-state index in [1.165, 1.54) is 18.4 Å². The lowest BCUT2D eigenvalue weighted by Gasteiger charge is -2.35. The molecule has 19 heavy (non-hydrogen) atoms. The minimum Gasteiger partial charge on any atom is -0.464 e. The van der Waals surface area contributed by atoms with Gasteiger partial charge in [0.2, 0.25) is 0 Å². The molecule has 0 amide bonds. The third-order valence-corrected chi connectivity index (χ3v) is 4.41. The van der Waals surface area contributed by atoms with Crippen molar-refractivity contribution in [3.05, 3.63) is 35.0 Å². The fraction of sp³-hybridized carbons (Fsp3) is 0.467. The van der Waals surface area contributed by atoms with E-state index in [0.29, 0.717) is 12.0 Å². The highest BCUT2D eigenvalue weighted by Gasteiger charge is 2.26. The lowest BCUT2D eigenvalue weighted by molar-refractivity contribution is 0.183. The Balaban J connectivity index is 0.00000133. The van der Waals surface area contributed by atoms with Gasteiger partial charge in [-0.05, 0) is 57.5 Å². The molecule has 0 bridgehead atoms. The number of piperidine rings is 1. The molecule has 0 spiro atoms. The fourth-order valence-electron chi connectivity index (χ4n) is 2.95. The Morgan fingerprint density at radius 1 is 1.37 bits per heavy atom. The van der Waals surface area contributed by atoms with Gasteiger partial charge in [0.05, 0.1) is 6.26 Å². The molecule has 0 aliphatic carbocycles. The van der Waals surface area contributed by atoms with Crippen LogP contribution in [0.3, 0.4) is 0 Å². The van der Waals surface area contributed by atoms with E-state index in [1.807, 2.05) is 12.1 Å². The monoisotopic (exact) mass is 299 g/mol. The summed E-state index contributed by atoms with van der Waals surface area (Å²) < 4.78 is 5.65. The lowest BCUT2D eigenvalue weighted by Crippen LogP contribution is -2.36. The molecule has 2 unspecified atom stereocenters. The summed E-state index contributed by atoms with van der Waals surface area (Å²) in [5.41, 5.74) is 2.30. The third-order valence-electron chi connectivity index (χ3n) is 4.19. The highest BCUT2D eigenvalue weighted by molar-refractivity contribution is 6.31. The second-order valence-corrected chi connectivity index (χ2v) is 5.82. The van der Waals surface area contributed by atoms with Gasteiger partial charge in [-0.2, -0.15) is 0 Å². The second kappa shape index (κ2) is 5.74. The van der Waals surface area contributed by atoms with Gasteiger partial charge in [0, 0.05) is 22.0 Å². The van der Waals surface area contributed by atoms with Crippen molar-refractivity contribution in [2.75, 3.05) is 13.6 Å². The van der Waals surface area contributed by atoms with Crippen LogP contribution in [0.5, 0.6) is 0 Å². The molecule has 2 heterocycles. The summed E-state index contributed by atoms with van der Waals surface area (Å²) in [4.78, 5) is 2.42. The molecule has 1 aromatic heterocycles. The summed E-state index contributed by atoms with van der Waals surface area (Å²) in [6.45, 7) is 3.43. The number of hydrogen-bond acceptors (Lipinski definition) is 2. The van der Waals surface area contributed by atoms with Crippen LogP contribution in [0.2, 0.25) is 5.02 Å². The van der Waals surface area contributed by atoms with Gasteiger partial charge in [0.1, 0.15) is 5.58 Å². The van der Waals surface area contributed by atoms with E-state index in [0.717, 1.165) is 22.5 Å². The van der Waals surface area contributed by atoms with Crippen LogP contribution in [0.1, 0.15) is 31.2 Å². The highest BCUT2D eigenvalue weighted by Crippen LogP contribution is 2.37. The first-order valence-corrected chi connectivity index (χ1v) is 6.90. The van der Waals surface area contributed by atoms with Crippen molar-refractivity contribution in [1.29, 1.82) is 0 Å². The fourth-order valence-corrected chi connectivity index (χ4v) is 3.18. The molecule has 0 radical (unpaired) electrons. The van der Waals surface area contributed by atoms with Crippen LogP contribution in [0.25, 0.3) is 11.0 Å². The number of likely N-dealkylation sites (tertiary alicyclic amines) is 1. The molecule has 2 atom stereocenters. The SMILES string of the molecule is CC1CC(c2cc(Cl)cc3ccoc23)CCN1C.Cl. The van der Waals surface area contributed by atoms with Crippen molar-refractivity contribution in [3.63, 3.8) is 0 Å².